The maximum absolute atomic E-state index is 12.3. The molecule has 0 bridgehead atoms. The van der Waals surface area contributed by atoms with Crippen LogP contribution in [0.4, 0.5) is 0 Å². The third kappa shape index (κ3) is 5.29. The van der Waals surface area contributed by atoms with Crippen molar-refractivity contribution in [2.24, 2.45) is 0 Å². The molecule has 0 fully saturated rings. The van der Waals surface area contributed by atoms with Crippen LogP contribution in [0.5, 0.6) is 5.75 Å². The lowest BCUT2D eigenvalue weighted by Gasteiger charge is -2.10. The number of nitrogens with zero attached hydrogens (tertiary/aromatic N) is 2. The lowest BCUT2D eigenvalue weighted by atomic mass is 10.1. The van der Waals surface area contributed by atoms with Crippen LogP contribution in [-0.4, -0.2) is 33.8 Å². The van der Waals surface area contributed by atoms with Crippen molar-refractivity contribution in [1.29, 1.82) is 0 Å². The third-order valence-corrected chi connectivity index (χ3v) is 4.55. The predicted octanol–water partition coefficient (Wildman–Crippen LogP) is 3.81. The van der Waals surface area contributed by atoms with Gasteiger partial charge in [0.25, 0.3) is 0 Å². The summed E-state index contributed by atoms with van der Waals surface area (Å²) in [6, 6.07) is 15.9. The van der Waals surface area contributed by atoms with Crippen LogP contribution in [0.3, 0.4) is 0 Å². The standard InChI is InChI=1S/C21H24N4O2S/c1-15-6-3-8-17(12-15)20-23-24-21(28)25(20)14-19(26)22-10-5-11-27-18-9-4-7-16(2)13-18/h3-4,6-9,12-13H,5,10-11,14H2,1-2H3,(H,22,26)(H,24,28). The second-order valence-corrected chi connectivity index (χ2v) is 7.06. The molecule has 7 heteroatoms. The quantitative estimate of drug-likeness (QED) is 0.449. The largest absolute Gasteiger partial charge is 0.494 e. The number of rotatable bonds is 8. The Morgan fingerprint density at radius 1 is 1.18 bits per heavy atom. The number of carbonyl (C=O) groups is 1. The maximum atomic E-state index is 12.3. The van der Waals surface area contributed by atoms with Crippen LogP contribution in [0.25, 0.3) is 11.4 Å². The molecule has 1 aromatic heterocycles. The first kappa shape index (κ1) is 19.8. The van der Waals surface area contributed by atoms with Gasteiger partial charge in [0.05, 0.1) is 6.61 Å². The third-order valence-electron chi connectivity index (χ3n) is 4.24. The molecule has 0 spiro atoms. The van der Waals surface area contributed by atoms with Crippen molar-refractivity contribution in [1.82, 2.24) is 20.1 Å². The number of ether oxygens (including phenoxy) is 1. The average molecular weight is 397 g/mol. The summed E-state index contributed by atoms with van der Waals surface area (Å²) in [6.07, 6.45) is 0.723. The van der Waals surface area contributed by atoms with E-state index in [4.69, 9.17) is 17.0 Å². The van der Waals surface area contributed by atoms with E-state index in [0.29, 0.717) is 23.7 Å². The number of benzene rings is 2. The van der Waals surface area contributed by atoms with Crippen LogP contribution < -0.4 is 10.1 Å². The maximum Gasteiger partial charge on any atom is 0.240 e. The van der Waals surface area contributed by atoms with E-state index in [1.807, 2.05) is 62.4 Å². The molecule has 2 aromatic carbocycles. The Balaban J connectivity index is 1.50. The number of hydrogen-bond acceptors (Lipinski definition) is 4. The minimum absolute atomic E-state index is 0.109. The van der Waals surface area contributed by atoms with E-state index in [0.717, 1.165) is 28.9 Å². The predicted molar refractivity (Wildman–Crippen MR) is 112 cm³/mol. The molecular weight excluding hydrogens is 372 g/mol. The Morgan fingerprint density at radius 2 is 1.93 bits per heavy atom. The highest BCUT2D eigenvalue weighted by atomic mass is 32.1. The zero-order valence-corrected chi connectivity index (χ0v) is 16.9. The molecule has 1 amide bonds. The lowest BCUT2D eigenvalue weighted by Crippen LogP contribution is -2.29. The molecule has 0 aliphatic carbocycles. The molecule has 2 N–H and O–H groups in total. The van der Waals surface area contributed by atoms with Gasteiger partial charge < -0.3 is 10.1 Å². The van der Waals surface area contributed by atoms with Crippen molar-refractivity contribution in [2.45, 2.75) is 26.8 Å². The Labute approximate surface area is 169 Å². The molecule has 0 radical (unpaired) electrons. The minimum atomic E-state index is -0.109. The zero-order valence-electron chi connectivity index (χ0n) is 16.1. The summed E-state index contributed by atoms with van der Waals surface area (Å²) in [5.41, 5.74) is 3.20. The van der Waals surface area contributed by atoms with Crippen molar-refractivity contribution < 1.29 is 9.53 Å². The van der Waals surface area contributed by atoms with Gasteiger partial charge in [-0.15, -0.1) is 0 Å². The fraction of sp³-hybridized carbons (Fsp3) is 0.286. The second kappa shape index (κ2) is 9.32. The molecule has 3 rings (SSSR count). The normalized spacial score (nSPS) is 10.6. The summed E-state index contributed by atoms with van der Waals surface area (Å²) in [5, 5.41) is 9.96. The first-order valence-corrected chi connectivity index (χ1v) is 9.62. The minimum Gasteiger partial charge on any atom is -0.494 e. The van der Waals surface area contributed by atoms with E-state index < -0.39 is 0 Å². The van der Waals surface area contributed by atoms with E-state index in [-0.39, 0.29) is 12.5 Å². The van der Waals surface area contributed by atoms with Crippen LogP contribution in [0.1, 0.15) is 17.5 Å². The van der Waals surface area contributed by atoms with Crippen molar-refractivity contribution >= 4 is 18.1 Å². The summed E-state index contributed by atoms with van der Waals surface area (Å²) >= 11 is 5.29. The first-order valence-electron chi connectivity index (χ1n) is 9.21. The van der Waals surface area contributed by atoms with Gasteiger partial charge >= 0.3 is 0 Å². The Bertz CT molecular complexity index is 1010. The molecular formula is C21H24N4O2S. The van der Waals surface area contributed by atoms with Gasteiger partial charge in [-0.25, -0.2) is 0 Å². The number of H-pyrrole nitrogens is 1. The van der Waals surface area contributed by atoms with E-state index in [1.165, 1.54) is 0 Å². The number of aromatic nitrogens is 3. The van der Waals surface area contributed by atoms with Crippen LogP contribution in [0, 0.1) is 18.6 Å². The molecule has 0 saturated carbocycles. The Kier molecular flexibility index (Phi) is 6.60. The molecule has 6 nitrogen and oxygen atoms in total. The Hall–Kier alpha value is -2.93. The number of nitrogens with one attached hydrogen (secondary N) is 2. The van der Waals surface area contributed by atoms with Crippen LogP contribution >= 0.6 is 12.2 Å². The lowest BCUT2D eigenvalue weighted by molar-refractivity contribution is -0.121. The van der Waals surface area contributed by atoms with E-state index in [2.05, 4.69) is 15.5 Å². The first-order chi connectivity index (χ1) is 13.5. The SMILES string of the molecule is Cc1cccc(OCCCNC(=O)Cn2c(-c3cccc(C)c3)n[nH]c2=S)c1. The average Bonchev–Trinajstić information content (AvgIpc) is 3.02. The number of aryl methyl sites for hydroxylation is 2. The van der Waals surface area contributed by atoms with Crippen molar-refractivity contribution in [3.05, 3.63) is 64.4 Å². The molecule has 3 aromatic rings. The molecule has 0 unspecified atom stereocenters. The molecule has 146 valence electrons. The molecule has 0 aliphatic heterocycles. The van der Waals surface area contributed by atoms with Gasteiger partial charge in [0.1, 0.15) is 12.3 Å². The van der Waals surface area contributed by atoms with Gasteiger partial charge in [-0.1, -0.05) is 35.9 Å². The summed E-state index contributed by atoms with van der Waals surface area (Å²) in [4.78, 5) is 12.3. The summed E-state index contributed by atoms with van der Waals surface area (Å²) < 4.78 is 7.83. The molecule has 1 heterocycles. The Morgan fingerprint density at radius 3 is 2.68 bits per heavy atom. The van der Waals surface area contributed by atoms with Crippen molar-refractivity contribution in [3.63, 3.8) is 0 Å². The van der Waals surface area contributed by atoms with Crippen molar-refractivity contribution in [2.75, 3.05) is 13.2 Å². The number of amides is 1. The van der Waals surface area contributed by atoms with Crippen LogP contribution in [0.15, 0.2) is 48.5 Å². The fourth-order valence-corrected chi connectivity index (χ4v) is 3.06. The molecule has 0 saturated heterocycles. The summed E-state index contributed by atoms with van der Waals surface area (Å²) in [7, 11) is 0. The highest BCUT2D eigenvalue weighted by molar-refractivity contribution is 7.71. The van der Waals surface area contributed by atoms with Gasteiger partial charge in [0.15, 0.2) is 10.6 Å². The van der Waals surface area contributed by atoms with Crippen LogP contribution in [-0.2, 0) is 11.3 Å². The van der Waals surface area contributed by atoms with Gasteiger partial charge in [0, 0.05) is 12.1 Å². The zero-order chi connectivity index (χ0) is 19.9. The van der Waals surface area contributed by atoms with Gasteiger partial charge in [-0.2, -0.15) is 5.10 Å². The number of carbonyl (C=O) groups excluding carboxylic acids is 1. The number of aromatic amines is 1. The number of hydrogen-bond donors (Lipinski definition) is 2. The fourth-order valence-electron chi connectivity index (χ4n) is 2.86. The van der Waals surface area contributed by atoms with Gasteiger partial charge in [0.2, 0.25) is 5.91 Å². The highest BCUT2D eigenvalue weighted by Crippen LogP contribution is 2.18. The van der Waals surface area contributed by atoms with E-state index in [9.17, 15) is 4.79 Å². The topological polar surface area (TPSA) is 71.9 Å². The van der Waals surface area contributed by atoms with Crippen molar-refractivity contribution in [3.8, 4) is 17.1 Å². The monoisotopic (exact) mass is 396 g/mol. The highest BCUT2D eigenvalue weighted by Gasteiger charge is 2.12. The molecule has 28 heavy (non-hydrogen) atoms. The van der Waals surface area contributed by atoms with Crippen LogP contribution in [0.2, 0.25) is 0 Å². The molecule has 0 atom stereocenters. The van der Waals surface area contributed by atoms with E-state index >= 15 is 0 Å². The summed E-state index contributed by atoms with van der Waals surface area (Å²) in [5.74, 6) is 1.40. The summed E-state index contributed by atoms with van der Waals surface area (Å²) in [6.45, 7) is 5.25. The smallest absolute Gasteiger partial charge is 0.240 e. The molecule has 0 aliphatic rings. The second-order valence-electron chi connectivity index (χ2n) is 6.68. The van der Waals surface area contributed by atoms with E-state index in [1.54, 1.807) is 4.57 Å². The van der Waals surface area contributed by atoms with Gasteiger partial charge in [-0.3, -0.25) is 14.5 Å². The van der Waals surface area contributed by atoms with Gasteiger partial charge in [-0.05, 0) is 56.2 Å².